The zero-order valence-corrected chi connectivity index (χ0v) is 16.3. The third kappa shape index (κ3) is 5.00. The molecular formula is C21H25NO5. The minimum Gasteiger partial charge on any atom is -0.505 e. The number of esters is 1. The first-order chi connectivity index (χ1) is 12.6. The Hall–Kier alpha value is -3.02. The highest BCUT2D eigenvalue weighted by Gasteiger charge is 2.20. The molecule has 2 N–H and O–H groups in total. The lowest BCUT2D eigenvalue weighted by molar-refractivity contribution is -0.118. The highest BCUT2D eigenvalue weighted by Crippen LogP contribution is 2.32. The molecule has 0 fully saturated rings. The molecule has 2 rings (SSSR count). The zero-order valence-electron chi connectivity index (χ0n) is 16.3. The lowest BCUT2D eigenvalue weighted by Crippen LogP contribution is -2.22. The molecule has 1 amide bonds. The molecule has 0 atom stereocenters. The van der Waals surface area contributed by atoms with Crippen LogP contribution in [0.4, 0.5) is 5.69 Å². The number of aromatic hydroxyl groups is 1. The summed E-state index contributed by atoms with van der Waals surface area (Å²) in [6.45, 7) is 8.00. The normalized spacial score (nSPS) is 11.0. The van der Waals surface area contributed by atoms with E-state index in [0.29, 0.717) is 5.75 Å². The van der Waals surface area contributed by atoms with Gasteiger partial charge in [0.2, 0.25) is 0 Å². The van der Waals surface area contributed by atoms with Crippen LogP contribution in [0.5, 0.6) is 11.5 Å². The molecule has 0 radical (unpaired) electrons. The minimum absolute atomic E-state index is 0.0234. The second-order valence-corrected chi connectivity index (χ2v) is 7.28. The van der Waals surface area contributed by atoms with Crippen LogP contribution in [0.15, 0.2) is 36.4 Å². The van der Waals surface area contributed by atoms with Gasteiger partial charge in [0.05, 0.1) is 12.8 Å². The van der Waals surface area contributed by atoms with Crippen LogP contribution >= 0.6 is 0 Å². The van der Waals surface area contributed by atoms with Gasteiger partial charge in [-0.05, 0) is 36.1 Å². The quantitative estimate of drug-likeness (QED) is 0.617. The maximum absolute atomic E-state index is 12.3. The Kier molecular flexibility index (Phi) is 6.10. The van der Waals surface area contributed by atoms with Gasteiger partial charge in [0.15, 0.2) is 12.4 Å². The van der Waals surface area contributed by atoms with E-state index in [0.717, 1.165) is 11.1 Å². The van der Waals surface area contributed by atoms with Crippen molar-refractivity contribution in [3.8, 4) is 11.5 Å². The number of aryl methyl sites for hydroxylation is 1. The van der Waals surface area contributed by atoms with Gasteiger partial charge in [-0.3, -0.25) is 4.79 Å². The van der Waals surface area contributed by atoms with Gasteiger partial charge in [-0.25, -0.2) is 4.79 Å². The molecule has 0 aromatic heterocycles. The van der Waals surface area contributed by atoms with Crippen molar-refractivity contribution in [2.75, 3.05) is 19.0 Å². The van der Waals surface area contributed by atoms with Gasteiger partial charge in [-0.1, -0.05) is 44.5 Å². The van der Waals surface area contributed by atoms with Crippen molar-refractivity contribution in [2.24, 2.45) is 0 Å². The first-order valence-electron chi connectivity index (χ1n) is 8.57. The molecule has 0 saturated carbocycles. The molecule has 2 aromatic carbocycles. The van der Waals surface area contributed by atoms with Gasteiger partial charge >= 0.3 is 5.97 Å². The number of rotatable bonds is 5. The number of ether oxygens (including phenoxy) is 2. The van der Waals surface area contributed by atoms with Gasteiger partial charge in [0.25, 0.3) is 5.91 Å². The highest BCUT2D eigenvalue weighted by molar-refractivity contribution is 5.98. The lowest BCUT2D eigenvalue weighted by atomic mass is 9.85. The fraction of sp³-hybridized carbons (Fsp3) is 0.333. The van der Waals surface area contributed by atoms with E-state index in [4.69, 9.17) is 4.74 Å². The van der Waals surface area contributed by atoms with Gasteiger partial charge in [-0.15, -0.1) is 0 Å². The van der Waals surface area contributed by atoms with Crippen LogP contribution in [-0.4, -0.2) is 30.7 Å². The van der Waals surface area contributed by atoms with E-state index in [1.54, 1.807) is 6.07 Å². The van der Waals surface area contributed by atoms with Crippen molar-refractivity contribution < 1.29 is 24.2 Å². The van der Waals surface area contributed by atoms with Crippen LogP contribution in [0.25, 0.3) is 0 Å². The molecule has 0 spiro atoms. The molecule has 0 aliphatic carbocycles. The van der Waals surface area contributed by atoms with Crippen molar-refractivity contribution in [1.82, 2.24) is 0 Å². The standard InChI is InChI=1S/C21H25NO5/c1-13-9-10-17(15(11-13)21(2,3)4)27-12-18(23)22-16-8-6-7-14(19(16)24)20(25)26-5/h6-11,24H,12H2,1-5H3,(H,22,23). The Morgan fingerprint density at radius 1 is 1.15 bits per heavy atom. The third-order valence-electron chi connectivity index (χ3n) is 4.02. The maximum Gasteiger partial charge on any atom is 0.341 e. The Balaban J connectivity index is 2.11. The summed E-state index contributed by atoms with van der Waals surface area (Å²) in [5.41, 5.74) is 2.08. The van der Waals surface area contributed by atoms with E-state index in [2.05, 4.69) is 30.8 Å². The fourth-order valence-corrected chi connectivity index (χ4v) is 2.60. The molecule has 0 bridgehead atoms. The number of amides is 1. The number of phenolic OH excluding ortho intramolecular Hbond substituents is 1. The Morgan fingerprint density at radius 3 is 2.48 bits per heavy atom. The summed E-state index contributed by atoms with van der Waals surface area (Å²) in [6.07, 6.45) is 0. The number of hydrogen-bond donors (Lipinski definition) is 2. The number of methoxy groups -OCH3 is 1. The Labute approximate surface area is 159 Å². The summed E-state index contributed by atoms with van der Waals surface area (Å²) in [5, 5.41) is 12.7. The maximum atomic E-state index is 12.3. The SMILES string of the molecule is COC(=O)c1cccc(NC(=O)COc2ccc(C)cc2C(C)(C)C)c1O. The summed E-state index contributed by atoms with van der Waals surface area (Å²) in [5.74, 6) is -0.846. The summed E-state index contributed by atoms with van der Waals surface area (Å²) >= 11 is 0. The van der Waals surface area contributed by atoms with Crippen LogP contribution in [0.3, 0.4) is 0 Å². The number of carbonyl (C=O) groups is 2. The van der Waals surface area contributed by atoms with Gasteiger partial charge in [-0.2, -0.15) is 0 Å². The summed E-state index contributed by atoms with van der Waals surface area (Å²) < 4.78 is 10.3. The van der Waals surface area contributed by atoms with Crippen molar-refractivity contribution in [2.45, 2.75) is 33.1 Å². The molecule has 0 heterocycles. The van der Waals surface area contributed by atoms with Gasteiger partial charge in [0.1, 0.15) is 11.3 Å². The Bertz CT molecular complexity index is 852. The second-order valence-electron chi connectivity index (χ2n) is 7.28. The molecule has 0 saturated heterocycles. The van der Waals surface area contributed by atoms with Gasteiger partial charge in [0, 0.05) is 0 Å². The molecule has 6 heteroatoms. The monoisotopic (exact) mass is 371 g/mol. The van der Waals surface area contributed by atoms with Gasteiger partial charge < -0.3 is 19.9 Å². The predicted octanol–water partition coefficient (Wildman–Crippen LogP) is 3.80. The summed E-state index contributed by atoms with van der Waals surface area (Å²) in [7, 11) is 1.22. The molecule has 0 aliphatic heterocycles. The van der Waals surface area contributed by atoms with E-state index >= 15 is 0 Å². The molecular weight excluding hydrogens is 346 g/mol. The largest absolute Gasteiger partial charge is 0.505 e. The van der Waals surface area contributed by atoms with Crippen molar-refractivity contribution in [3.63, 3.8) is 0 Å². The van der Waals surface area contributed by atoms with E-state index < -0.39 is 11.9 Å². The van der Waals surface area contributed by atoms with E-state index in [9.17, 15) is 14.7 Å². The zero-order chi connectivity index (χ0) is 20.2. The van der Waals surface area contributed by atoms with E-state index in [1.165, 1.54) is 19.2 Å². The fourth-order valence-electron chi connectivity index (χ4n) is 2.60. The smallest absolute Gasteiger partial charge is 0.341 e. The Morgan fingerprint density at radius 2 is 1.85 bits per heavy atom. The number of benzene rings is 2. The van der Waals surface area contributed by atoms with Crippen LogP contribution < -0.4 is 10.1 Å². The average Bonchev–Trinajstić information content (AvgIpc) is 2.61. The molecule has 144 valence electrons. The van der Waals surface area contributed by atoms with E-state index in [-0.39, 0.29) is 29.0 Å². The van der Waals surface area contributed by atoms with E-state index in [1.807, 2.05) is 25.1 Å². The number of anilines is 1. The molecule has 0 aliphatic rings. The average molecular weight is 371 g/mol. The first kappa shape index (κ1) is 20.3. The molecule has 6 nitrogen and oxygen atoms in total. The van der Waals surface area contributed by atoms with Crippen molar-refractivity contribution >= 4 is 17.6 Å². The lowest BCUT2D eigenvalue weighted by Gasteiger charge is -2.23. The topological polar surface area (TPSA) is 84.9 Å². The minimum atomic E-state index is -0.686. The summed E-state index contributed by atoms with van der Waals surface area (Å²) in [4.78, 5) is 23.9. The van der Waals surface area contributed by atoms with Crippen molar-refractivity contribution in [1.29, 1.82) is 0 Å². The molecule has 27 heavy (non-hydrogen) atoms. The highest BCUT2D eigenvalue weighted by atomic mass is 16.5. The van der Waals surface area contributed by atoms with Crippen LogP contribution in [-0.2, 0) is 14.9 Å². The third-order valence-corrected chi connectivity index (χ3v) is 4.02. The number of carbonyl (C=O) groups excluding carboxylic acids is 2. The van der Waals surface area contributed by atoms with Crippen LogP contribution in [0.1, 0.15) is 42.3 Å². The first-order valence-corrected chi connectivity index (χ1v) is 8.57. The molecule has 0 unspecified atom stereocenters. The van der Waals surface area contributed by atoms with Crippen molar-refractivity contribution in [3.05, 3.63) is 53.1 Å². The summed E-state index contributed by atoms with van der Waals surface area (Å²) in [6, 6.07) is 10.3. The number of hydrogen-bond acceptors (Lipinski definition) is 5. The number of nitrogens with one attached hydrogen (secondary N) is 1. The number of phenols is 1. The number of para-hydroxylation sites is 1. The predicted molar refractivity (Wildman–Crippen MR) is 103 cm³/mol. The second kappa shape index (κ2) is 8.12. The molecule has 2 aromatic rings. The van der Waals surface area contributed by atoms with Crippen LogP contribution in [0.2, 0.25) is 0 Å². The van der Waals surface area contributed by atoms with Crippen LogP contribution in [0, 0.1) is 6.92 Å².